The molecule has 100 valence electrons. The molecule has 0 radical (unpaired) electrons. The van der Waals surface area contributed by atoms with Gasteiger partial charge in [-0.15, -0.1) is 0 Å². The van der Waals surface area contributed by atoms with Crippen LogP contribution < -0.4 is 10.6 Å². The van der Waals surface area contributed by atoms with Gasteiger partial charge in [-0.05, 0) is 36.9 Å². The highest BCUT2D eigenvalue weighted by Gasteiger charge is 2.27. The van der Waals surface area contributed by atoms with Crippen molar-refractivity contribution in [1.29, 1.82) is 0 Å². The minimum atomic E-state index is 0.639. The molecule has 1 aliphatic heterocycles. The SMILES string of the molecule is CCCC(C)CN1CC(CCN)c2ccccc21. The monoisotopic (exact) mass is 246 g/mol. The number of nitrogens with zero attached hydrogens (tertiary/aromatic N) is 1. The Morgan fingerprint density at radius 2 is 2.17 bits per heavy atom. The Balaban J connectivity index is 2.10. The second-order valence-electron chi connectivity index (χ2n) is 5.63. The second-order valence-corrected chi connectivity index (χ2v) is 5.63. The summed E-state index contributed by atoms with van der Waals surface area (Å²) in [6.07, 6.45) is 3.71. The fraction of sp³-hybridized carbons (Fsp3) is 0.625. The molecule has 1 heterocycles. The molecule has 0 saturated heterocycles. The Kier molecular flexibility index (Phi) is 4.65. The Morgan fingerprint density at radius 1 is 1.39 bits per heavy atom. The highest BCUT2D eigenvalue weighted by Crippen LogP contribution is 2.38. The first-order valence-electron chi connectivity index (χ1n) is 7.30. The number of anilines is 1. The molecular weight excluding hydrogens is 220 g/mol. The minimum Gasteiger partial charge on any atom is -0.370 e. The van der Waals surface area contributed by atoms with Gasteiger partial charge >= 0.3 is 0 Å². The van der Waals surface area contributed by atoms with Crippen molar-refractivity contribution in [3.05, 3.63) is 29.8 Å². The van der Waals surface area contributed by atoms with Crippen LogP contribution in [-0.2, 0) is 0 Å². The van der Waals surface area contributed by atoms with Gasteiger partial charge in [0.25, 0.3) is 0 Å². The predicted molar refractivity (Wildman–Crippen MR) is 79.1 cm³/mol. The van der Waals surface area contributed by atoms with Crippen LogP contribution in [0.5, 0.6) is 0 Å². The van der Waals surface area contributed by atoms with E-state index in [0.29, 0.717) is 5.92 Å². The molecular formula is C16H26N2. The summed E-state index contributed by atoms with van der Waals surface area (Å²) < 4.78 is 0. The van der Waals surface area contributed by atoms with Gasteiger partial charge in [0.15, 0.2) is 0 Å². The predicted octanol–water partition coefficient (Wildman–Crippen LogP) is 3.38. The average molecular weight is 246 g/mol. The van der Waals surface area contributed by atoms with Gasteiger partial charge in [0.1, 0.15) is 0 Å². The van der Waals surface area contributed by atoms with E-state index >= 15 is 0 Å². The van der Waals surface area contributed by atoms with E-state index in [1.807, 2.05) is 0 Å². The van der Waals surface area contributed by atoms with Crippen molar-refractivity contribution < 1.29 is 0 Å². The zero-order valence-corrected chi connectivity index (χ0v) is 11.7. The maximum Gasteiger partial charge on any atom is 0.0402 e. The van der Waals surface area contributed by atoms with Gasteiger partial charge in [-0.2, -0.15) is 0 Å². The van der Waals surface area contributed by atoms with Gasteiger partial charge in [0.2, 0.25) is 0 Å². The number of fused-ring (bicyclic) bond motifs is 1. The third-order valence-electron chi connectivity index (χ3n) is 3.99. The maximum atomic E-state index is 5.74. The average Bonchev–Trinajstić information content (AvgIpc) is 2.69. The van der Waals surface area contributed by atoms with E-state index in [9.17, 15) is 0 Å². The molecule has 2 heteroatoms. The van der Waals surface area contributed by atoms with Crippen molar-refractivity contribution in [3.63, 3.8) is 0 Å². The van der Waals surface area contributed by atoms with Crippen LogP contribution in [0.1, 0.15) is 44.6 Å². The van der Waals surface area contributed by atoms with E-state index in [1.165, 1.54) is 30.6 Å². The van der Waals surface area contributed by atoms with Crippen LogP contribution in [-0.4, -0.2) is 19.6 Å². The van der Waals surface area contributed by atoms with Gasteiger partial charge in [-0.3, -0.25) is 0 Å². The topological polar surface area (TPSA) is 29.3 Å². The fourth-order valence-corrected chi connectivity index (χ4v) is 3.16. The van der Waals surface area contributed by atoms with E-state index in [0.717, 1.165) is 25.4 Å². The van der Waals surface area contributed by atoms with Crippen LogP contribution in [0.25, 0.3) is 0 Å². The maximum absolute atomic E-state index is 5.74. The molecule has 0 aliphatic carbocycles. The lowest BCUT2D eigenvalue weighted by Gasteiger charge is -2.24. The molecule has 1 aromatic rings. The molecule has 0 spiro atoms. The lowest BCUT2D eigenvalue weighted by molar-refractivity contribution is 0.507. The van der Waals surface area contributed by atoms with Crippen molar-refractivity contribution in [2.24, 2.45) is 11.7 Å². The zero-order chi connectivity index (χ0) is 13.0. The molecule has 0 aromatic heterocycles. The molecule has 2 atom stereocenters. The first-order chi connectivity index (χ1) is 8.76. The Bertz CT molecular complexity index is 373. The summed E-state index contributed by atoms with van der Waals surface area (Å²) in [4.78, 5) is 2.57. The summed E-state index contributed by atoms with van der Waals surface area (Å²) in [5.74, 6) is 1.42. The van der Waals surface area contributed by atoms with Gasteiger partial charge in [0, 0.05) is 24.7 Å². The van der Waals surface area contributed by atoms with Crippen LogP contribution in [0.15, 0.2) is 24.3 Å². The normalized spacial score (nSPS) is 19.9. The van der Waals surface area contributed by atoms with E-state index in [4.69, 9.17) is 5.73 Å². The summed E-state index contributed by atoms with van der Waals surface area (Å²) in [6.45, 7) is 7.77. The van der Waals surface area contributed by atoms with Crippen LogP contribution in [0, 0.1) is 5.92 Å². The van der Waals surface area contributed by atoms with Gasteiger partial charge in [-0.1, -0.05) is 38.5 Å². The summed E-state index contributed by atoms with van der Waals surface area (Å²) in [5, 5.41) is 0. The molecule has 18 heavy (non-hydrogen) atoms. The number of nitrogens with two attached hydrogens (primary N) is 1. The quantitative estimate of drug-likeness (QED) is 0.834. The molecule has 1 aliphatic rings. The van der Waals surface area contributed by atoms with E-state index in [-0.39, 0.29) is 0 Å². The number of para-hydroxylation sites is 1. The van der Waals surface area contributed by atoms with E-state index in [2.05, 4.69) is 43.0 Å². The standard InChI is InChI=1S/C16H26N2/c1-3-6-13(2)11-18-12-14(9-10-17)15-7-4-5-8-16(15)18/h4-5,7-8,13-14H,3,6,9-12,17H2,1-2H3. The molecule has 0 fully saturated rings. The number of hydrogen-bond acceptors (Lipinski definition) is 2. The number of benzene rings is 1. The second kappa shape index (κ2) is 6.24. The third-order valence-corrected chi connectivity index (χ3v) is 3.99. The molecule has 2 nitrogen and oxygen atoms in total. The largest absolute Gasteiger partial charge is 0.370 e. The molecule has 0 bridgehead atoms. The van der Waals surface area contributed by atoms with Gasteiger partial charge in [0.05, 0.1) is 0 Å². The number of hydrogen-bond donors (Lipinski definition) is 1. The third kappa shape index (κ3) is 2.86. The molecule has 0 saturated carbocycles. The highest BCUT2D eigenvalue weighted by molar-refractivity contribution is 5.60. The van der Waals surface area contributed by atoms with Crippen LogP contribution in [0.4, 0.5) is 5.69 Å². The Labute approximate surface area is 111 Å². The van der Waals surface area contributed by atoms with Crippen molar-refractivity contribution >= 4 is 5.69 Å². The molecule has 2 N–H and O–H groups in total. The minimum absolute atomic E-state index is 0.639. The van der Waals surface area contributed by atoms with Crippen LogP contribution in [0.3, 0.4) is 0 Å². The molecule has 1 aromatic carbocycles. The lowest BCUT2D eigenvalue weighted by Crippen LogP contribution is -2.27. The highest BCUT2D eigenvalue weighted by atomic mass is 15.2. The van der Waals surface area contributed by atoms with Crippen molar-refractivity contribution in [1.82, 2.24) is 0 Å². The van der Waals surface area contributed by atoms with Crippen LogP contribution in [0.2, 0.25) is 0 Å². The Hall–Kier alpha value is -1.02. The van der Waals surface area contributed by atoms with Crippen molar-refractivity contribution in [3.8, 4) is 0 Å². The summed E-state index contributed by atoms with van der Waals surface area (Å²) in [5.41, 5.74) is 8.69. The Morgan fingerprint density at radius 3 is 2.89 bits per heavy atom. The summed E-state index contributed by atoms with van der Waals surface area (Å²) >= 11 is 0. The van der Waals surface area contributed by atoms with E-state index < -0.39 is 0 Å². The zero-order valence-electron chi connectivity index (χ0n) is 11.7. The van der Waals surface area contributed by atoms with Crippen LogP contribution >= 0.6 is 0 Å². The fourth-order valence-electron chi connectivity index (χ4n) is 3.16. The van der Waals surface area contributed by atoms with Crippen molar-refractivity contribution in [2.45, 2.75) is 39.0 Å². The lowest BCUT2D eigenvalue weighted by atomic mass is 9.98. The first-order valence-corrected chi connectivity index (χ1v) is 7.30. The summed E-state index contributed by atoms with van der Waals surface area (Å²) in [7, 11) is 0. The molecule has 2 rings (SSSR count). The molecule has 0 amide bonds. The van der Waals surface area contributed by atoms with Crippen molar-refractivity contribution in [2.75, 3.05) is 24.5 Å². The molecule has 2 unspecified atom stereocenters. The van der Waals surface area contributed by atoms with Gasteiger partial charge in [-0.25, -0.2) is 0 Å². The first kappa shape index (κ1) is 13.4. The van der Waals surface area contributed by atoms with Gasteiger partial charge < -0.3 is 10.6 Å². The smallest absolute Gasteiger partial charge is 0.0402 e. The van der Waals surface area contributed by atoms with E-state index in [1.54, 1.807) is 0 Å². The summed E-state index contributed by atoms with van der Waals surface area (Å²) in [6, 6.07) is 8.85. The number of rotatable bonds is 6.